The number of esters is 2. The normalized spacial score (nSPS) is 15.1. The van der Waals surface area contributed by atoms with Crippen LogP contribution in [-0.2, 0) is 30.3 Å². The first kappa shape index (κ1) is 35.7. The van der Waals surface area contributed by atoms with Crippen molar-refractivity contribution in [3.05, 3.63) is 128 Å². The van der Waals surface area contributed by atoms with Gasteiger partial charge in [-0.2, -0.15) is 0 Å². The van der Waals surface area contributed by atoms with E-state index in [4.69, 9.17) is 53.6 Å². The molecule has 12 heteroatoms. The van der Waals surface area contributed by atoms with Crippen LogP contribution in [0.5, 0.6) is 11.5 Å². The van der Waals surface area contributed by atoms with Crippen LogP contribution < -0.4 is 20.9 Å². The first-order valence-electron chi connectivity index (χ1n) is 15.7. The van der Waals surface area contributed by atoms with Gasteiger partial charge in [-0.1, -0.05) is 83.9 Å². The van der Waals surface area contributed by atoms with Gasteiger partial charge in [0, 0.05) is 54.2 Å². The minimum atomic E-state index is -1.28. The summed E-state index contributed by atoms with van der Waals surface area (Å²) >= 11 is 15.8. The summed E-state index contributed by atoms with van der Waals surface area (Å²) in [7, 11) is 0. The van der Waals surface area contributed by atoms with Crippen LogP contribution in [0.15, 0.2) is 108 Å². The fourth-order valence-electron chi connectivity index (χ4n) is 5.90. The molecule has 4 atom stereocenters. The van der Waals surface area contributed by atoms with Crippen molar-refractivity contribution >= 4 is 79.4 Å². The Hall–Kier alpha value is -4.16. The molecule has 2 aromatic heterocycles. The second-order valence-electron chi connectivity index (χ2n) is 12.1. The quantitative estimate of drug-likeness (QED) is 0.0722. The molecular weight excluding hydrogens is 715 g/mol. The monoisotopic (exact) mass is 748 g/mol. The third kappa shape index (κ3) is 7.76. The van der Waals surface area contributed by atoms with E-state index in [0.717, 1.165) is 31.3 Å². The molecule has 2 heterocycles. The summed E-state index contributed by atoms with van der Waals surface area (Å²) in [5.41, 5.74) is 10.6. The summed E-state index contributed by atoms with van der Waals surface area (Å²) in [6, 6.07) is 29.9. The molecule has 8 nitrogen and oxygen atoms in total. The Morgan fingerprint density at radius 3 is 1.34 bits per heavy atom. The maximum atomic E-state index is 13.0. The molecule has 0 amide bonds. The van der Waals surface area contributed by atoms with Crippen LogP contribution in [0.3, 0.4) is 0 Å². The summed E-state index contributed by atoms with van der Waals surface area (Å²) in [6.07, 6.45) is -2.41. The van der Waals surface area contributed by atoms with Gasteiger partial charge in [-0.15, -0.1) is 22.7 Å². The Morgan fingerprint density at radius 1 is 0.600 bits per heavy atom. The summed E-state index contributed by atoms with van der Waals surface area (Å²) in [5.74, 6) is -1.40. The van der Waals surface area contributed by atoms with E-state index in [1.807, 2.05) is 97.4 Å². The SMILES string of the molecule is CC(CC(N)OC(=O)C(=O)OC(N)CC(C)(Oc1ccc(Cl)c2ccccc12)c1cccs1)(Oc1ccc(Cl)c2ccccc12)c1cccs1. The number of thiophene rings is 2. The minimum absolute atomic E-state index is 0.0227. The van der Waals surface area contributed by atoms with Crippen LogP contribution in [0, 0.1) is 0 Å². The summed E-state index contributed by atoms with van der Waals surface area (Å²) < 4.78 is 23.9. The largest absolute Gasteiger partial charge is 0.481 e. The number of fused-ring (bicyclic) bond motifs is 2. The van der Waals surface area contributed by atoms with Crippen molar-refractivity contribution < 1.29 is 28.5 Å². The highest BCUT2D eigenvalue weighted by Crippen LogP contribution is 2.41. The standard InChI is InChI=1S/C38H34Cl2N2O6S2/c1-37(31-13-7-19-49-31,47-29-17-15-27(39)23-9-3-5-11-25(23)29)21-33(41)45-35(43)36(44)46-34(42)22-38(2,32-14-8-20-50-32)48-30-18-16-28(40)24-10-4-6-12-26(24)30/h3-20,33-34H,21-22,41-42H2,1-2H3. The lowest BCUT2D eigenvalue weighted by Gasteiger charge is -2.33. The molecule has 6 rings (SSSR count). The summed E-state index contributed by atoms with van der Waals surface area (Å²) in [5, 5.41) is 8.30. The van der Waals surface area contributed by atoms with Crippen molar-refractivity contribution in [2.75, 3.05) is 0 Å². The highest BCUT2D eigenvalue weighted by Gasteiger charge is 2.38. The highest BCUT2D eigenvalue weighted by molar-refractivity contribution is 7.10. The lowest BCUT2D eigenvalue weighted by Crippen LogP contribution is -2.43. The second-order valence-corrected chi connectivity index (χ2v) is 14.8. The molecule has 50 heavy (non-hydrogen) atoms. The molecule has 0 fully saturated rings. The van der Waals surface area contributed by atoms with Gasteiger partial charge in [-0.05, 0) is 61.0 Å². The predicted octanol–water partition coefficient (Wildman–Crippen LogP) is 9.15. The van der Waals surface area contributed by atoms with Crippen molar-refractivity contribution in [2.24, 2.45) is 11.5 Å². The zero-order chi connectivity index (χ0) is 35.5. The Kier molecular flexibility index (Phi) is 10.7. The van der Waals surface area contributed by atoms with Crippen molar-refractivity contribution in [2.45, 2.75) is 50.3 Å². The summed E-state index contributed by atoms with van der Waals surface area (Å²) in [4.78, 5) is 27.6. The molecule has 4 N–H and O–H groups in total. The van der Waals surface area contributed by atoms with E-state index in [1.165, 1.54) is 22.7 Å². The Balaban J connectivity index is 1.13. The molecule has 0 aliphatic rings. The molecular formula is C38H34Cl2N2O6S2. The zero-order valence-electron chi connectivity index (χ0n) is 27.1. The van der Waals surface area contributed by atoms with E-state index in [1.54, 1.807) is 24.3 Å². The molecule has 0 aliphatic carbocycles. The zero-order valence-corrected chi connectivity index (χ0v) is 30.3. The van der Waals surface area contributed by atoms with Gasteiger partial charge in [-0.25, -0.2) is 9.59 Å². The second kappa shape index (κ2) is 15.0. The van der Waals surface area contributed by atoms with E-state index in [2.05, 4.69) is 0 Å². The molecule has 4 unspecified atom stereocenters. The highest BCUT2D eigenvalue weighted by atomic mass is 35.5. The van der Waals surface area contributed by atoms with Gasteiger partial charge < -0.3 is 18.9 Å². The number of hydrogen-bond donors (Lipinski definition) is 2. The number of ether oxygens (including phenoxy) is 4. The third-order valence-corrected chi connectivity index (χ3v) is 11.2. The van der Waals surface area contributed by atoms with Crippen molar-refractivity contribution in [3.8, 4) is 11.5 Å². The van der Waals surface area contributed by atoms with Crippen LogP contribution in [-0.4, -0.2) is 24.4 Å². The van der Waals surface area contributed by atoms with Gasteiger partial charge in [0.05, 0.1) is 0 Å². The molecule has 6 aromatic rings. The maximum Gasteiger partial charge on any atom is 0.419 e. The van der Waals surface area contributed by atoms with E-state index in [9.17, 15) is 9.59 Å². The van der Waals surface area contributed by atoms with E-state index < -0.39 is 35.6 Å². The van der Waals surface area contributed by atoms with E-state index >= 15 is 0 Å². The topological polar surface area (TPSA) is 123 Å². The van der Waals surface area contributed by atoms with Gasteiger partial charge in [0.15, 0.2) is 12.5 Å². The number of carbonyl (C=O) groups is 2. The fourth-order valence-corrected chi connectivity index (χ4v) is 8.03. The lowest BCUT2D eigenvalue weighted by molar-refractivity contribution is -0.176. The molecule has 4 aromatic carbocycles. The van der Waals surface area contributed by atoms with Crippen molar-refractivity contribution in [3.63, 3.8) is 0 Å². The smallest absolute Gasteiger partial charge is 0.419 e. The average Bonchev–Trinajstić information content (AvgIpc) is 3.84. The van der Waals surface area contributed by atoms with Crippen LogP contribution >= 0.6 is 45.9 Å². The predicted molar refractivity (Wildman–Crippen MR) is 200 cm³/mol. The molecule has 0 bridgehead atoms. The molecule has 258 valence electrons. The Morgan fingerprint density at radius 2 is 0.980 bits per heavy atom. The number of carbonyl (C=O) groups excluding carboxylic acids is 2. The van der Waals surface area contributed by atoms with Gasteiger partial charge in [0.25, 0.3) is 0 Å². The van der Waals surface area contributed by atoms with E-state index in [0.29, 0.717) is 21.5 Å². The number of nitrogens with two attached hydrogens (primary N) is 2. The molecule has 0 saturated carbocycles. The number of benzene rings is 4. The van der Waals surface area contributed by atoms with Crippen molar-refractivity contribution in [1.82, 2.24) is 0 Å². The Bertz CT molecular complexity index is 1980. The number of hydrogen-bond acceptors (Lipinski definition) is 10. The fraction of sp³-hybridized carbons (Fsp3) is 0.211. The molecule has 0 spiro atoms. The lowest BCUT2D eigenvalue weighted by atomic mass is 9.98. The van der Waals surface area contributed by atoms with Crippen molar-refractivity contribution in [1.29, 1.82) is 0 Å². The first-order chi connectivity index (χ1) is 24.0. The van der Waals surface area contributed by atoms with Crippen LogP contribution in [0.2, 0.25) is 10.0 Å². The van der Waals surface area contributed by atoms with Gasteiger partial charge >= 0.3 is 11.9 Å². The summed E-state index contributed by atoms with van der Waals surface area (Å²) in [6.45, 7) is 3.69. The van der Waals surface area contributed by atoms with Crippen LogP contribution in [0.1, 0.15) is 36.4 Å². The minimum Gasteiger partial charge on any atom is -0.481 e. The molecule has 0 saturated heterocycles. The van der Waals surface area contributed by atoms with Gasteiger partial charge in [0.2, 0.25) is 0 Å². The van der Waals surface area contributed by atoms with Crippen LogP contribution in [0.4, 0.5) is 0 Å². The number of halogens is 2. The first-order valence-corrected chi connectivity index (χ1v) is 18.2. The molecule has 0 aliphatic heterocycles. The van der Waals surface area contributed by atoms with Crippen LogP contribution in [0.25, 0.3) is 21.5 Å². The van der Waals surface area contributed by atoms with Gasteiger partial charge in [-0.3, -0.25) is 11.5 Å². The molecule has 0 radical (unpaired) electrons. The maximum absolute atomic E-state index is 13.0. The van der Waals surface area contributed by atoms with Gasteiger partial charge in [0.1, 0.15) is 22.7 Å². The average molecular weight is 750 g/mol. The third-order valence-electron chi connectivity index (χ3n) is 8.28. The Labute approximate surface area is 307 Å². The van der Waals surface area contributed by atoms with E-state index in [-0.39, 0.29) is 12.8 Å². The number of rotatable bonds is 12.